The Labute approximate surface area is 95.0 Å². The zero-order valence-electron chi connectivity index (χ0n) is 9.53. The number of aromatic carboxylic acids is 1. The quantitative estimate of drug-likeness (QED) is 0.587. The molecule has 0 aromatic carbocycles. The van der Waals surface area contributed by atoms with Gasteiger partial charge in [0.05, 0.1) is 11.3 Å². The van der Waals surface area contributed by atoms with E-state index in [1.165, 1.54) is 11.8 Å². The molecule has 2 N–H and O–H groups in total. The summed E-state index contributed by atoms with van der Waals surface area (Å²) in [5.74, 6) is -0.948. The molecule has 4 nitrogen and oxygen atoms in total. The molecule has 16 heavy (non-hydrogen) atoms. The van der Waals surface area contributed by atoms with Gasteiger partial charge in [-0.3, -0.25) is 4.98 Å². The standard InChI is InChI=1S/C12H16N2O2/c1-9(2)5-6-13-8-11-4-3-10(7-14-11)12(15)16/h3-5,7,13H,6,8H2,1-2H3,(H,15,16). The number of nitrogens with one attached hydrogen (secondary N) is 1. The van der Waals surface area contributed by atoms with Crippen molar-refractivity contribution in [3.05, 3.63) is 41.2 Å². The van der Waals surface area contributed by atoms with Gasteiger partial charge in [0.25, 0.3) is 0 Å². The number of carboxylic acids is 1. The number of nitrogens with zero attached hydrogens (tertiary/aromatic N) is 1. The SMILES string of the molecule is CC(C)=CCNCc1ccc(C(=O)O)cn1. The summed E-state index contributed by atoms with van der Waals surface area (Å²) >= 11 is 0. The second kappa shape index (κ2) is 6.02. The molecule has 1 heterocycles. The molecule has 0 aliphatic rings. The van der Waals surface area contributed by atoms with Crippen molar-refractivity contribution in [3.8, 4) is 0 Å². The summed E-state index contributed by atoms with van der Waals surface area (Å²) in [4.78, 5) is 14.6. The van der Waals surface area contributed by atoms with Crippen molar-refractivity contribution in [1.29, 1.82) is 0 Å². The average molecular weight is 220 g/mol. The number of rotatable bonds is 5. The first-order valence-corrected chi connectivity index (χ1v) is 5.12. The number of carboxylic acid groups (broad SMARTS) is 1. The predicted molar refractivity (Wildman–Crippen MR) is 62.3 cm³/mol. The molecule has 0 saturated carbocycles. The van der Waals surface area contributed by atoms with Gasteiger partial charge in [-0.2, -0.15) is 0 Å². The van der Waals surface area contributed by atoms with E-state index in [1.807, 2.05) is 13.8 Å². The first kappa shape index (κ1) is 12.4. The monoisotopic (exact) mass is 220 g/mol. The Bertz CT molecular complexity index is 379. The lowest BCUT2D eigenvalue weighted by atomic mass is 10.2. The number of hydrogen-bond donors (Lipinski definition) is 2. The maximum atomic E-state index is 10.6. The van der Waals surface area contributed by atoms with Gasteiger partial charge in [-0.1, -0.05) is 11.6 Å². The molecule has 1 aromatic rings. The zero-order chi connectivity index (χ0) is 12.0. The fourth-order valence-electron chi connectivity index (χ4n) is 1.13. The van der Waals surface area contributed by atoms with Crippen LogP contribution in [0.2, 0.25) is 0 Å². The Balaban J connectivity index is 2.44. The molecular weight excluding hydrogens is 204 g/mol. The van der Waals surface area contributed by atoms with Crippen molar-refractivity contribution in [2.24, 2.45) is 0 Å². The minimum Gasteiger partial charge on any atom is -0.478 e. The van der Waals surface area contributed by atoms with E-state index in [2.05, 4.69) is 16.4 Å². The summed E-state index contributed by atoms with van der Waals surface area (Å²) in [7, 11) is 0. The summed E-state index contributed by atoms with van der Waals surface area (Å²) in [6, 6.07) is 3.28. The van der Waals surface area contributed by atoms with E-state index >= 15 is 0 Å². The predicted octanol–water partition coefficient (Wildman–Crippen LogP) is 1.84. The number of pyridine rings is 1. The fraction of sp³-hybridized carbons (Fsp3) is 0.333. The molecule has 4 heteroatoms. The van der Waals surface area contributed by atoms with Crippen LogP contribution in [0.1, 0.15) is 29.9 Å². The zero-order valence-corrected chi connectivity index (χ0v) is 9.53. The lowest BCUT2D eigenvalue weighted by molar-refractivity contribution is 0.0696. The Morgan fingerprint density at radius 2 is 2.25 bits per heavy atom. The minimum atomic E-state index is -0.948. The van der Waals surface area contributed by atoms with E-state index in [0.717, 1.165) is 12.2 Å². The Morgan fingerprint density at radius 1 is 1.50 bits per heavy atom. The van der Waals surface area contributed by atoms with Gasteiger partial charge in [0, 0.05) is 19.3 Å². The van der Waals surface area contributed by atoms with Crippen LogP contribution >= 0.6 is 0 Å². The normalized spacial score (nSPS) is 9.88. The second-order valence-electron chi connectivity index (χ2n) is 3.76. The number of carbonyl (C=O) groups is 1. The third kappa shape index (κ3) is 4.23. The number of hydrogen-bond acceptors (Lipinski definition) is 3. The summed E-state index contributed by atoms with van der Waals surface area (Å²) in [5, 5.41) is 11.9. The molecule has 0 spiro atoms. The highest BCUT2D eigenvalue weighted by Gasteiger charge is 2.01. The largest absolute Gasteiger partial charge is 0.478 e. The smallest absolute Gasteiger partial charge is 0.337 e. The van der Waals surface area contributed by atoms with E-state index in [0.29, 0.717) is 6.54 Å². The molecule has 0 atom stereocenters. The van der Waals surface area contributed by atoms with Gasteiger partial charge in [0.1, 0.15) is 0 Å². The molecule has 0 bridgehead atoms. The maximum Gasteiger partial charge on any atom is 0.337 e. The number of aromatic nitrogens is 1. The summed E-state index contributed by atoms with van der Waals surface area (Å²) in [6.45, 7) is 5.53. The van der Waals surface area contributed by atoms with Crippen molar-refractivity contribution >= 4 is 5.97 Å². The highest BCUT2D eigenvalue weighted by Crippen LogP contribution is 2.00. The molecule has 1 aromatic heterocycles. The lowest BCUT2D eigenvalue weighted by Crippen LogP contribution is -2.14. The molecule has 0 fully saturated rings. The van der Waals surface area contributed by atoms with Crippen molar-refractivity contribution in [2.45, 2.75) is 20.4 Å². The molecule has 1 rings (SSSR count). The van der Waals surface area contributed by atoms with Gasteiger partial charge in [0.15, 0.2) is 0 Å². The minimum absolute atomic E-state index is 0.216. The van der Waals surface area contributed by atoms with Crippen LogP contribution in [-0.4, -0.2) is 22.6 Å². The first-order valence-electron chi connectivity index (χ1n) is 5.12. The van der Waals surface area contributed by atoms with Gasteiger partial charge < -0.3 is 10.4 Å². The van der Waals surface area contributed by atoms with Crippen LogP contribution in [0.5, 0.6) is 0 Å². The van der Waals surface area contributed by atoms with Crippen molar-refractivity contribution < 1.29 is 9.90 Å². The third-order valence-corrected chi connectivity index (χ3v) is 2.03. The van der Waals surface area contributed by atoms with E-state index in [-0.39, 0.29) is 5.56 Å². The first-order chi connectivity index (χ1) is 7.59. The fourth-order valence-corrected chi connectivity index (χ4v) is 1.13. The summed E-state index contributed by atoms with van der Waals surface area (Å²) in [5.41, 5.74) is 2.32. The number of allylic oxidation sites excluding steroid dienone is 1. The Morgan fingerprint density at radius 3 is 2.75 bits per heavy atom. The molecule has 0 unspecified atom stereocenters. The Hall–Kier alpha value is -1.68. The van der Waals surface area contributed by atoms with Gasteiger partial charge >= 0.3 is 5.97 Å². The highest BCUT2D eigenvalue weighted by atomic mass is 16.4. The molecule has 0 aliphatic heterocycles. The van der Waals surface area contributed by atoms with Gasteiger partial charge in [-0.05, 0) is 26.0 Å². The maximum absolute atomic E-state index is 10.6. The molecular formula is C12H16N2O2. The van der Waals surface area contributed by atoms with E-state index in [1.54, 1.807) is 12.1 Å². The van der Waals surface area contributed by atoms with Crippen LogP contribution in [0.15, 0.2) is 30.0 Å². The van der Waals surface area contributed by atoms with Crippen LogP contribution in [-0.2, 0) is 6.54 Å². The molecule has 0 aliphatic carbocycles. The van der Waals surface area contributed by atoms with Crippen LogP contribution < -0.4 is 5.32 Å². The van der Waals surface area contributed by atoms with Crippen LogP contribution in [0, 0.1) is 0 Å². The topological polar surface area (TPSA) is 62.2 Å². The highest BCUT2D eigenvalue weighted by molar-refractivity contribution is 5.87. The van der Waals surface area contributed by atoms with Gasteiger partial charge in [-0.25, -0.2) is 4.79 Å². The van der Waals surface area contributed by atoms with Crippen LogP contribution in [0.4, 0.5) is 0 Å². The third-order valence-electron chi connectivity index (χ3n) is 2.03. The molecule has 0 radical (unpaired) electrons. The average Bonchev–Trinajstić information content (AvgIpc) is 2.25. The van der Waals surface area contributed by atoms with Crippen LogP contribution in [0.3, 0.4) is 0 Å². The second-order valence-corrected chi connectivity index (χ2v) is 3.76. The summed E-state index contributed by atoms with van der Waals surface area (Å²) in [6.07, 6.45) is 3.46. The van der Waals surface area contributed by atoms with E-state index in [4.69, 9.17) is 5.11 Å². The Kier molecular flexibility index (Phi) is 4.66. The molecule has 0 amide bonds. The van der Waals surface area contributed by atoms with Crippen molar-refractivity contribution in [2.75, 3.05) is 6.54 Å². The summed E-state index contributed by atoms with van der Waals surface area (Å²) < 4.78 is 0. The van der Waals surface area contributed by atoms with Crippen molar-refractivity contribution in [1.82, 2.24) is 10.3 Å². The lowest BCUT2D eigenvalue weighted by Gasteiger charge is -2.02. The van der Waals surface area contributed by atoms with Crippen molar-refractivity contribution in [3.63, 3.8) is 0 Å². The van der Waals surface area contributed by atoms with E-state index < -0.39 is 5.97 Å². The van der Waals surface area contributed by atoms with Gasteiger partial charge in [0.2, 0.25) is 0 Å². The van der Waals surface area contributed by atoms with Gasteiger partial charge in [-0.15, -0.1) is 0 Å². The van der Waals surface area contributed by atoms with E-state index in [9.17, 15) is 4.79 Å². The van der Waals surface area contributed by atoms with Crippen LogP contribution in [0.25, 0.3) is 0 Å². The molecule has 86 valence electrons. The molecule has 0 saturated heterocycles.